The zero-order valence-electron chi connectivity index (χ0n) is 17.4. The van der Waals surface area contributed by atoms with Crippen LogP contribution in [0.5, 0.6) is 0 Å². The number of halogens is 1. The number of rotatable bonds is 6. The highest BCUT2D eigenvalue weighted by Crippen LogP contribution is 2.30. The monoisotopic (exact) mass is 491 g/mol. The van der Waals surface area contributed by atoms with Gasteiger partial charge in [-0.2, -0.15) is 0 Å². The molecule has 4 rings (SSSR count). The van der Waals surface area contributed by atoms with Crippen molar-refractivity contribution in [3.8, 4) is 10.6 Å². The lowest BCUT2D eigenvalue weighted by Gasteiger charge is -2.32. The molecule has 8 heteroatoms. The summed E-state index contributed by atoms with van der Waals surface area (Å²) in [6.07, 6.45) is 7.02. The van der Waals surface area contributed by atoms with Crippen LogP contribution in [0.2, 0.25) is 0 Å². The van der Waals surface area contributed by atoms with E-state index in [0.29, 0.717) is 0 Å². The van der Waals surface area contributed by atoms with Crippen LogP contribution in [0.3, 0.4) is 0 Å². The Balaban J connectivity index is 1.21. The summed E-state index contributed by atoms with van der Waals surface area (Å²) in [5.41, 5.74) is 0.896. The molecule has 2 aromatic heterocycles. The molecule has 0 atom stereocenters. The first kappa shape index (κ1) is 21.7. The molecule has 1 amide bonds. The molecule has 0 aromatic carbocycles. The smallest absolute Gasteiger partial charge is 0.223 e. The van der Waals surface area contributed by atoms with Crippen molar-refractivity contribution in [2.75, 3.05) is 44.2 Å². The van der Waals surface area contributed by atoms with Gasteiger partial charge in [0.05, 0.1) is 8.66 Å². The molecule has 0 aliphatic carbocycles. The molecule has 30 heavy (non-hydrogen) atoms. The van der Waals surface area contributed by atoms with E-state index in [2.05, 4.69) is 47.3 Å². The molecular formula is C22H30BrN5OS. The number of nitrogens with one attached hydrogen (secondary N) is 1. The van der Waals surface area contributed by atoms with E-state index in [-0.39, 0.29) is 11.8 Å². The lowest BCUT2D eigenvalue weighted by Crippen LogP contribution is -2.43. The minimum Gasteiger partial charge on any atom is -0.355 e. The van der Waals surface area contributed by atoms with Crippen LogP contribution in [0.4, 0.5) is 5.82 Å². The van der Waals surface area contributed by atoms with Crippen LogP contribution in [0.25, 0.3) is 10.6 Å². The van der Waals surface area contributed by atoms with Gasteiger partial charge in [0.15, 0.2) is 5.82 Å². The summed E-state index contributed by atoms with van der Waals surface area (Å²) in [6.45, 7) is 5.80. The second-order valence-electron chi connectivity index (χ2n) is 8.19. The van der Waals surface area contributed by atoms with Gasteiger partial charge in [-0.1, -0.05) is 12.8 Å². The van der Waals surface area contributed by atoms with Gasteiger partial charge in [-0.05, 0) is 79.0 Å². The Bertz CT molecular complexity index is 811. The first-order chi connectivity index (χ1) is 14.7. The summed E-state index contributed by atoms with van der Waals surface area (Å²) < 4.78 is 1.09. The van der Waals surface area contributed by atoms with Crippen molar-refractivity contribution < 1.29 is 4.79 Å². The molecule has 2 aliphatic rings. The maximum absolute atomic E-state index is 12.6. The summed E-state index contributed by atoms with van der Waals surface area (Å²) >= 11 is 5.14. The summed E-state index contributed by atoms with van der Waals surface area (Å²) in [6, 6.07) is 8.15. The fourth-order valence-corrected chi connectivity index (χ4v) is 5.64. The van der Waals surface area contributed by atoms with Crippen molar-refractivity contribution in [2.24, 2.45) is 5.92 Å². The van der Waals surface area contributed by atoms with E-state index in [4.69, 9.17) is 0 Å². The number of piperidine rings is 1. The Morgan fingerprint density at radius 3 is 2.43 bits per heavy atom. The first-order valence-electron chi connectivity index (χ1n) is 11.0. The lowest BCUT2D eigenvalue weighted by atomic mass is 9.96. The largest absolute Gasteiger partial charge is 0.355 e. The van der Waals surface area contributed by atoms with E-state index in [0.717, 1.165) is 59.2 Å². The average Bonchev–Trinajstić information content (AvgIpc) is 3.05. The highest BCUT2D eigenvalue weighted by molar-refractivity contribution is 9.11. The standard InChI is InChI=1S/C22H30BrN5OS/c23-20-7-6-19(30-20)18-5-8-21(26-25-18)28-14-9-17(10-15-28)22(29)24-11-16-27-12-3-1-2-4-13-27/h5-8,17H,1-4,9-16H2,(H,24,29). The second kappa shape index (κ2) is 10.7. The molecule has 162 valence electrons. The number of carbonyl (C=O) groups excluding carboxylic acids is 1. The molecule has 0 spiro atoms. The lowest BCUT2D eigenvalue weighted by molar-refractivity contribution is -0.125. The van der Waals surface area contributed by atoms with E-state index in [1.807, 2.05) is 18.2 Å². The maximum Gasteiger partial charge on any atom is 0.223 e. The minimum atomic E-state index is 0.112. The summed E-state index contributed by atoms with van der Waals surface area (Å²) in [7, 11) is 0. The third-order valence-corrected chi connectivity index (χ3v) is 7.74. The van der Waals surface area contributed by atoms with E-state index < -0.39 is 0 Å². The van der Waals surface area contributed by atoms with Crippen molar-refractivity contribution in [3.05, 3.63) is 28.1 Å². The van der Waals surface area contributed by atoms with E-state index in [9.17, 15) is 4.79 Å². The molecular weight excluding hydrogens is 462 g/mol. The number of carbonyl (C=O) groups is 1. The molecule has 2 aromatic rings. The molecule has 6 nitrogen and oxygen atoms in total. The van der Waals surface area contributed by atoms with Gasteiger partial charge in [0.25, 0.3) is 0 Å². The Kier molecular flexibility index (Phi) is 7.73. The maximum atomic E-state index is 12.6. The van der Waals surface area contributed by atoms with Crippen molar-refractivity contribution in [1.82, 2.24) is 20.4 Å². The first-order valence-corrected chi connectivity index (χ1v) is 12.6. The van der Waals surface area contributed by atoms with Gasteiger partial charge in [0.2, 0.25) is 5.91 Å². The summed E-state index contributed by atoms with van der Waals surface area (Å²) in [4.78, 5) is 18.4. The Morgan fingerprint density at radius 2 is 1.80 bits per heavy atom. The van der Waals surface area contributed by atoms with Crippen molar-refractivity contribution in [2.45, 2.75) is 38.5 Å². The Hall–Kier alpha value is -1.51. The van der Waals surface area contributed by atoms with Gasteiger partial charge >= 0.3 is 0 Å². The fourth-order valence-electron chi connectivity index (χ4n) is 4.29. The van der Waals surface area contributed by atoms with Crippen LogP contribution >= 0.6 is 27.3 Å². The predicted molar refractivity (Wildman–Crippen MR) is 126 cm³/mol. The van der Waals surface area contributed by atoms with Gasteiger partial charge in [-0.15, -0.1) is 21.5 Å². The van der Waals surface area contributed by atoms with Crippen LogP contribution in [-0.2, 0) is 4.79 Å². The van der Waals surface area contributed by atoms with Gasteiger partial charge in [-0.3, -0.25) is 4.79 Å². The molecule has 2 aliphatic heterocycles. The van der Waals surface area contributed by atoms with Crippen LogP contribution in [0.1, 0.15) is 38.5 Å². The zero-order chi connectivity index (χ0) is 20.8. The fraction of sp³-hybridized carbons (Fsp3) is 0.591. The minimum absolute atomic E-state index is 0.112. The number of anilines is 1. The third-order valence-electron chi connectivity index (χ3n) is 6.09. The Morgan fingerprint density at radius 1 is 1.03 bits per heavy atom. The topological polar surface area (TPSA) is 61.4 Å². The molecule has 0 bridgehead atoms. The highest BCUT2D eigenvalue weighted by Gasteiger charge is 2.25. The second-order valence-corrected chi connectivity index (χ2v) is 10.7. The molecule has 0 radical (unpaired) electrons. The summed E-state index contributed by atoms with van der Waals surface area (Å²) in [5.74, 6) is 1.23. The van der Waals surface area contributed by atoms with Crippen molar-refractivity contribution >= 4 is 39.0 Å². The van der Waals surface area contributed by atoms with Crippen LogP contribution < -0.4 is 10.2 Å². The number of amides is 1. The van der Waals surface area contributed by atoms with Crippen molar-refractivity contribution in [1.29, 1.82) is 0 Å². The van der Waals surface area contributed by atoms with E-state index in [1.54, 1.807) is 11.3 Å². The van der Waals surface area contributed by atoms with Gasteiger partial charge in [-0.25, -0.2) is 0 Å². The van der Waals surface area contributed by atoms with Gasteiger partial charge < -0.3 is 15.1 Å². The molecule has 0 unspecified atom stereocenters. The average molecular weight is 492 g/mol. The highest BCUT2D eigenvalue weighted by atomic mass is 79.9. The van der Waals surface area contributed by atoms with E-state index >= 15 is 0 Å². The molecule has 4 heterocycles. The zero-order valence-corrected chi connectivity index (χ0v) is 19.8. The number of likely N-dealkylation sites (tertiary alicyclic amines) is 1. The quantitative estimate of drug-likeness (QED) is 0.656. The number of nitrogens with zero attached hydrogens (tertiary/aromatic N) is 4. The Labute approximate surface area is 191 Å². The van der Waals surface area contributed by atoms with Crippen LogP contribution in [-0.4, -0.2) is 60.3 Å². The molecule has 2 fully saturated rings. The normalized spacial score (nSPS) is 18.9. The molecule has 0 saturated carbocycles. The molecule has 2 saturated heterocycles. The number of hydrogen-bond donors (Lipinski definition) is 1. The number of aromatic nitrogens is 2. The number of thiophene rings is 1. The van der Waals surface area contributed by atoms with Crippen LogP contribution in [0, 0.1) is 5.92 Å². The number of hydrogen-bond acceptors (Lipinski definition) is 6. The SMILES string of the molecule is O=C(NCCN1CCCCCC1)C1CCN(c2ccc(-c3ccc(Br)s3)nn2)CC1. The van der Waals surface area contributed by atoms with Gasteiger partial charge in [0.1, 0.15) is 5.69 Å². The van der Waals surface area contributed by atoms with Crippen molar-refractivity contribution in [3.63, 3.8) is 0 Å². The van der Waals surface area contributed by atoms with Crippen LogP contribution in [0.15, 0.2) is 28.1 Å². The third kappa shape index (κ3) is 5.80. The summed E-state index contributed by atoms with van der Waals surface area (Å²) in [5, 5.41) is 12.0. The van der Waals surface area contributed by atoms with Gasteiger partial charge in [0, 0.05) is 32.1 Å². The molecule has 1 N–H and O–H groups in total. The van der Waals surface area contributed by atoms with E-state index in [1.165, 1.54) is 38.8 Å². The predicted octanol–water partition coefficient (Wildman–Crippen LogP) is 4.18.